The van der Waals surface area contributed by atoms with Crippen molar-refractivity contribution in [3.63, 3.8) is 0 Å². The van der Waals surface area contributed by atoms with E-state index in [1.807, 2.05) is 60.8 Å². The first-order chi connectivity index (χ1) is 17.1. The van der Waals surface area contributed by atoms with E-state index in [0.29, 0.717) is 16.9 Å². The molecular weight excluding hydrogens is 471 g/mol. The molecule has 10 heteroatoms. The minimum Gasteiger partial charge on any atom is -0.350 e. The highest BCUT2D eigenvalue weighted by Crippen LogP contribution is 2.27. The van der Waals surface area contributed by atoms with Gasteiger partial charge in [0.15, 0.2) is 0 Å². The number of urea groups is 1. The van der Waals surface area contributed by atoms with E-state index in [0.717, 1.165) is 22.4 Å². The summed E-state index contributed by atoms with van der Waals surface area (Å²) in [5.74, 6) is -0.142. The molecule has 186 valence electrons. The second-order valence-electron chi connectivity index (χ2n) is 8.50. The number of halogens is 3. The van der Waals surface area contributed by atoms with Gasteiger partial charge in [-0.15, -0.1) is 0 Å². The van der Waals surface area contributed by atoms with Gasteiger partial charge in [-0.2, -0.15) is 13.2 Å². The second-order valence-corrected chi connectivity index (χ2v) is 8.50. The van der Waals surface area contributed by atoms with Gasteiger partial charge >= 0.3 is 12.2 Å². The van der Waals surface area contributed by atoms with Crippen LogP contribution in [0.2, 0.25) is 0 Å². The molecule has 7 nitrogen and oxygen atoms in total. The maximum absolute atomic E-state index is 12.4. The van der Waals surface area contributed by atoms with Crippen molar-refractivity contribution in [2.24, 2.45) is 0 Å². The van der Waals surface area contributed by atoms with E-state index in [1.54, 1.807) is 35.8 Å². The lowest BCUT2D eigenvalue weighted by Gasteiger charge is -2.11. The highest BCUT2D eigenvalue weighted by molar-refractivity contribution is 5.95. The van der Waals surface area contributed by atoms with E-state index in [-0.39, 0.29) is 11.9 Å². The lowest BCUT2D eigenvalue weighted by atomic mass is 10.0. The SMILES string of the molecule is CC(C)NC(=O)c1cccc(-c2ccn3c(-c4cccc(NC(=O)NCC(F)(F)F)c4)cnc3c2)c1. The number of hydrogen-bond acceptors (Lipinski definition) is 3. The molecule has 0 bridgehead atoms. The quantitative estimate of drug-likeness (QED) is 0.331. The fraction of sp³-hybridized carbons (Fsp3) is 0.192. The van der Waals surface area contributed by atoms with Crippen molar-refractivity contribution in [1.82, 2.24) is 20.0 Å². The van der Waals surface area contributed by atoms with E-state index in [2.05, 4.69) is 15.6 Å². The van der Waals surface area contributed by atoms with Crippen LogP contribution in [0.4, 0.5) is 23.7 Å². The molecule has 0 saturated heterocycles. The first kappa shape index (κ1) is 24.8. The number of rotatable bonds is 6. The van der Waals surface area contributed by atoms with Gasteiger partial charge in [0.2, 0.25) is 0 Å². The zero-order valence-corrected chi connectivity index (χ0v) is 19.6. The van der Waals surface area contributed by atoms with Gasteiger partial charge in [-0.3, -0.25) is 9.20 Å². The third kappa shape index (κ3) is 6.01. The minimum absolute atomic E-state index is 0.0313. The lowest BCUT2D eigenvalue weighted by Crippen LogP contribution is -2.36. The van der Waals surface area contributed by atoms with Crippen LogP contribution in [0.3, 0.4) is 0 Å². The molecule has 2 aromatic carbocycles. The topological polar surface area (TPSA) is 87.5 Å². The van der Waals surface area contributed by atoms with Crippen molar-refractivity contribution < 1.29 is 22.8 Å². The van der Waals surface area contributed by atoms with Crippen molar-refractivity contribution in [1.29, 1.82) is 0 Å². The third-order valence-electron chi connectivity index (χ3n) is 5.26. The van der Waals surface area contributed by atoms with E-state index < -0.39 is 18.8 Å². The number of nitrogens with one attached hydrogen (secondary N) is 3. The van der Waals surface area contributed by atoms with Gasteiger partial charge in [-0.05, 0) is 61.4 Å². The first-order valence-corrected chi connectivity index (χ1v) is 11.2. The maximum Gasteiger partial charge on any atom is 0.405 e. The minimum atomic E-state index is -4.49. The molecule has 0 atom stereocenters. The lowest BCUT2D eigenvalue weighted by molar-refractivity contribution is -0.122. The van der Waals surface area contributed by atoms with E-state index in [1.165, 1.54) is 0 Å². The number of hydrogen-bond donors (Lipinski definition) is 3. The standard InChI is InChI=1S/C26H24F3N5O2/c1-16(2)32-24(35)20-7-3-5-17(11-20)18-9-10-34-22(14-30-23(34)13-18)19-6-4-8-21(12-19)33-25(36)31-15-26(27,28)29/h3-14,16H,15H2,1-2H3,(H,32,35)(H2,31,33,36). The van der Waals surface area contributed by atoms with Gasteiger partial charge in [0, 0.05) is 29.1 Å². The molecule has 0 aliphatic rings. The molecule has 0 radical (unpaired) electrons. The Morgan fingerprint density at radius 1 is 0.972 bits per heavy atom. The number of alkyl halides is 3. The van der Waals surface area contributed by atoms with Crippen LogP contribution in [-0.4, -0.2) is 40.1 Å². The second kappa shape index (κ2) is 10.1. The largest absolute Gasteiger partial charge is 0.405 e. The summed E-state index contributed by atoms with van der Waals surface area (Å²) in [5.41, 5.74) is 4.78. The number of fused-ring (bicyclic) bond motifs is 1. The summed E-state index contributed by atoms with van der Waals surface area (Å²) in [6, 6.07) is 17.0. The molecule has 3 amide bonds. The van der Waals surface area contributed by atoms with Crippen LogP contribution in [0.15, 0.2) is 73.1 Å². The summed E-state index contributed by atoms with van der Waals surface area (Å²) in [6.07, 6.45) is -0.963. The monoisotopic (exact) mass is 495 g/mol. The van der Waals surface area contributed by atoms with E-state index in [4.69, 9.17) is 0 Å². The predicted octanol–water partition coefficient (Wildman–Crippen LogP) is 5.49. The summed E-state index contributed by atoms with van der Waals surface area (Å²) in [5, 5.41) is 7.07. The average molecular weight is 496 g/mol. The van der Waals surface area contributed by atoms with Gasteiger partial charge in [0.25, 0.3) is 5.91 Å². The van der Waals surface area contributed by atoms with Crippen molar-refractivity contribution in [3.05, 3.63) is 78.6 Å². The number of imidazole rings is 1. The van der Waals surface area contributed by atoms with Crippen LogP contribution in [0.5, 0.6) is 0 Å². The number of carbonyl (C=O) groups excluding carboxylic acids is 2. The number of anilines is 1. The molecule has 2 heterocycles. The van der Waals surface area contributed by atoms with Crippen LogP contribution in [-0.2, 0) is 0 Å². The van der Waals surface area contributed by atoms with Crippen molar-refractivity contribution in [3.8, 4) is 22.4 Å². The Morgan fingerprint density at radius 2 is 1.69 bits per heavy atom. The fourth-order valence-corrected chi connectivity index (χ4v) is 3.67. The van der Waals surface area contributed by atoms with Gasteiger partial charge in [-0.25, -0.2) is 9.78 Å². The van der Waals surface area contributed by atoms with Crippen LogP contribution >= 0.6 is 0 Å². The Morgan fingerprint density at radius 3 is 2.44 bits per heavy atom. The zero-order chi connectivity index (χ0) is 25.9. The number of amides is 3. The maximum atomic E-state index is 12.4. The van der Waals surface area contributed by atoms with Gasteiger partial charge in [0.05, 0.1) is 11.9 Å². The number of nitrogens with zero attached hydrogens (tertiary/aromatic N) is 2. The molecule has 2 aromatic heterocycles. The van der Waals surface area contributed by atoms with Crippen molar-refractivity contribution in [2.75, 3.05) is 11.9 Å². The van der Waals surface area contributed by atoms with Crippen LogP contribution in [0, 0.1) is 0 Å². The number of benzene rings is 2. The molecule has 0 aliphatic heterocycles. The van der Waals surface area contributed by atoms with E-state index in [9.17, 15) is 22.8 Å². The molecule has 4 aromatic rings. The van der Waals surface area contributed by atoms with Crippen LogP contribution in [0.25, 0.3) is 28.0 Å². The highest BCUT2D eigenvalue weighted by atomic mass is 19.4. The molecule has 0 unspecified atom stereocenters. The average Bonchev–Trinajstić information content (AvgIpc) is 3.25. The van der Waals surface area contributed by atoms with Gasteiger partial charge in [-0.1, -0.05) is 24.3 Å². The van der Waals surface area contributed by atoms with Gasteiger partial charge < -0.3 is 16.0 Å². The molecule has 4 rings (SSSR count). The van der Waals surface area contributed by atoms with Gasteiger partial charge in [0.1, 0.15) is 12.2 Å². The third-order valence-corrected chi connectivity index (χ3v) is 5.26. The Kier molecular flexibility index (Phi) is 6.96. The number of aromatic nitrogens is 2. The highest BCUT2D eigenvalue weighted by Gasteiger charge is 2.27. The summed E-state index contributed by atoms with van der Waals surface area (Å²) in [4.78, 5) is 28.7. The predicted molar refractivity (Wildman–Crippen MR) is 132 cm³/mol. The Balaban J connectivity index is 1.56. The van der Waals surface area contributed by atoms with Crippen LogP contribution in [0.1, 0.15) is 24.2 Å². The molecular formula is C26H24F3N5O2. The fourth-order valence-electron chi connectivity index (χ4n) is 3.67. The molecule has 3 N–H and O–H groups in total. The van der Waals surface area contributed by atoms with E-state index >= 15 is 0 Å². The Bertz CT molecular complexity index is 1410. The summed E-state index contributed by atoms with van der Waals surface area (Å²) >= 11 is 0. The summed E-state index contributed by atoms with van der Waals surface area (Å²) in [6.45, 7) is 2.39. The van der Waals surface area contributed by atoms with Crippen molar-refractivity contribution >= 4 is 23.3 Å². The molecule has 0 saturated carbocycles. The zero-order valence-electron chi connectivity index (χ0n) is 19.6. The smallest absolute Gasteiger partial charge is 0.350 e. The van der Waals surface area contributed by atoms with Crippen molar-refractivity contribution in [2.45, 2.75) is 26.1 Å². The Labute approximate surface area is 205 Å². The Hall–Kier alpha value is -4.34. The molecule has 0 spiro atoms. The van der Waals surface area contributed by atoms with Crippen LogP contribution < -0.4 is 16.0 Å². The summed E-state index contributed by atoms with van der Waals surface area (Å²) in [7, 11) is 0. The first-order valence-electron chi connectivity index (χ1n) is 11.2. The number of pyridine rings is 1. The number of carbonyl (C=O) groups is 2. The summed E-state index contributed by atoms with van der Waals surface area (Å²) < 4.78 is 38.8. The molecule has 36 heavy (non-hydrogen) atoms. The molecule has 0 fully saturated rings. The molecule has 0 aliphatic carbocycles. The normalized spacial score (nSPS) is 11.5.